The van der Waals surface area contributed by atoms with E-state index in [9.17, 15) is 32.3 Å². The molecule has 3 heterocycles. The molecule has 5 N–H and O–H groups in total. The predicted molar refractivity (Wildman–Crippen MR) is 110 cm³/mol. The van der Waals surface area contributed by atoms with Gasteiger partial charge in [0, 0.05) is 36.1 Å². The van der Waals surface area contributed by atoms with Crippen molar-refractivity contribution in [3.05, 3.63) is 58.6 Å². The number of H-pyrrole nitrogens is 1. The molecule has 1 amide bonds. The Bertz CT molecular complexity index is 1200. The number of benzene rings is 1. The van der Waals surface area contributed by atoms with E-state index in [0.717, 1.165) is 23.4 Å². The Hall–Kier alpha value is -3.22. The summed E-state index contributed by atoms with van der Waals surface area (Å²) in [5, 5.41) is 18.9. The van der Waals surface area contributed by atoms with Crippen molar-refractivity contribution in [2.75, 3.05) is 11.4 Å². The van der Waals surface area contributed by atoms with Crippen LogP contribution in [0.15, 0.2) is 36.7 Å². The van der Waals surface area contributed by atoms with E-state index in [4.69, 9.17) is 22.4 Å². The number of hydrogen-bond donors (Lipinski definition) is 4. The molecule has 3 aromatic rings. The van der Waals surface area contributed by atoms with Gasteiger partial charge in [0.2, 0.25) is 5.60 Å². The number of aliphatic hydroxyl groups is 1. The zero-order valence-electron chi connectivity index (χ0n) is 16.7. The first-order chi connectivity index (χ1) is 15.4. The molecule has 13 heteroatoms. The summed E-state index contributed by atoms with van der Waals surface area (Å²) in [6, 6.07) is 5.35. The van der Waals surface area contributed by atoms with E-state index in [2.05, 4.69) is 9.97 Å². The molecule has 33 heavy (non-hydrogen) atoms. The number of hydrogen-bond acceptors (Lipinski definition) is 5. The molecule has 1 aliphatic rings. The van der Waals surface area contributed by atoms with Crippen LogP contribution in [0, 0.1) is 5.82 Å². The summed E-state index contributed by atoms with van der Waals surface area (Å²) in [7, 11) is 0. The van der Waals surface area contributed by atoms with Gasteiger partial charge in [-0.25, -0.2) is 14.2 Å². The van der Waals surface area contributed by atoms with Gasteiger partial charge in [0.15, 0.2) is 0 Å². The predicted octanol–water partition coefficient (Wildman–Crippen LogP) is 3.07. The van der Waals surface area contributed by atoms with Gasteiger partial charge in [-0.3, -0.25) is 4.79 Å². The Morgan fingerprint density at radius 1 is 1.30 bits per heavy atom. The normalized spacial score (nSPS) is 18.4. The lowest BCUT2D eigenvalue weighted by Crippen LogP contribution is -2.46. The molecule has 1 aromatic carbocycles. The first-order valence-electron chi connectivity index (χ1n) is 9.34. The minimum atomic E-state index is -4.60. The SMILES string of the molecule is NCc1cc(F)cc(Cl)c1.O=C(O)[C@]1(O)CCN(c2cnc3[nH]cc(C(F)(F)F)c3c2)C1=O. The number of carboxylic acid groups (broad SMARTS) is 1. The summed E-state index contributed by atoms with van der Waals surface area (Å²) in [4.78, 5) is 30.2. The lowest BCUT2D eigenvalue weighted by Gasteiger charge is -2.18. The minimum Gasteiger partial charge on any atom is -0.479 e. The van der Waals surface area contributed by atoms with Crippen molar-refractivity contribution in [2.24, 2.45) is 5.73 Å². The molecule has 176 valence electrons. The van der Waals surface area contributed by atoms with Crippen molar-refractivity contribution < 1.29 is 37.4 Å². The van der Waals surface area contributed by atoms with Crippen LogP contribution < -0.4 is 10.6 Å². The van der Waals surface area contributed by atoms with Crippen LogP contribution in [0.5, 0.6) is 0 Å². The third-order valence-electron chi connectivity index (χ3n) is 4.94. The maximum atomic E-state index is 12.9. The van der Waals surface area contributed by atoms with E-state index in [1.165, 1.54) is 12.1 Å². The average molecular weight is 489 g/mol. The molecular weight excluding hydrogens is 472 g/mol. The first kappa shape index (κ1) is 24.4. The van der Waals surface area contributed by atoms with Crippen molar-refractivity contribution in [1.82, 2.24) is 9.97 Å². The molecule has 0 spiro atoms. The van der Waals surface area contributed by atoms with Gasteiger partial charge in [-0.05, 0) is 29.8 Å². The number of nitrogens with zero attached hydrogens (tertiary/aromatic N) is 2. The number of nitrogens with one attached hydrogen (secondary N) is 1. The number of amides is 1. The van der Waals surface area contributed by atoms with Crippen molar-refractivity contribution in [3.63, 3.8) is 0 Å². The van der Waals surface area contributed by atoms with Crippen LogP contribution in [0.4, 0.5) is 23.2 Å². The Kier molecular flexibility index (Phi) is 6.63. The van der Waals surface area contributed by atoms with Gasteiger partial charge in [-0.1, -0.05) is 11.6 Å². The fourth-order valence-electron chi connectivity index (χ4n) is 3.25. The average Bonchev–Trinajstić information content (AvgIpc) is 3.29. The van der Waals surface area contributed by atoms with Crippen LogP contribution in [0.1, 0.15) is 17.5 Å². The van der Waals surface area contributed by atoms with Gasteiger partial charge in [-0.2, -0.15) is 13.2 Å². The fourth-order valence-corrected chi connectivity index (χ4v) is 3.50. The zero-order chi connectivity index (χ0) is 24.6. The van der Waals surface area contributed by atoms with E-state index >= 15 is 0 Å². The van der Waals surface area contributed by atoms with Crippen molar-refractivity contribution in [3.8, 4) is 0 Å². The molecule has 0 radical (unpaired) electrons. The van der Waals surface area contributed by atoms with Gasteiger partial charge >= 0.3 is 12.1 Å². The Morgan fingerprint density at radius 3 is 2.55 bits per heavy atom. The number of fused-ring (bicyclic) bond motifs is 1. The number of aliphatic carboxylic acids is 1. The van der Waals surface area contributed by atoms with Crippen LogP contribution in [-0.2, 0) is 22.3 Å². The van der Waals surface area contributed by atoms with E-state index in [1.807, 2.05) is 0 Å². The highest BCUT2D eigenvalue weighted by Crippen LogP contribution is 2.36. The number of carbonyl (C=O) groups is 2. The summed E-state index contributed by atoms with van der Waals surface area (Å²) in [6.07, 6.45) is -3.06. The monoisotopic (exact) mass is 488 g/mol. The van der Waals surface area contributed by atoms with Crippen LogP contribution in [0.3, 0.4) is 0 Å². The molecule has 1 fully saturated rings. The molecule has 0 aliphatic carbocycles. The standard InChI is InChI=1S/C13H10F3N3O4.C7H7ClFN/c14-13(15,16)8-5-18-9-7(8)3-6(4-17-9)19-2-1-12(23,10(19)20)11(21)22;8-6-1-5(4-10)2-7(9)3-6/h3-5,23H,1-2H2,(H,17,18)(H,21,22);1-3H,4,10H2/t12-;/m0./s1. The van der Waals surface area contributed by atoms with Gasteiger partial charge in [-0.15, -0.1) is 0 Å². The highest BCUT2D eigenvalue weighted by atomic mass is 35.5. The molecule has 2 aromatic heterocycles. The number of carboxylic acids is 1. The minimum absolute atomic E-state index is 0.00947. The van der Waals surface area contributed by atoms with Gasteiger partial charge in [0.1, 0.15) is 11.5 Å². The molecule has 1 saturated heterocycles. The number of anilines is 1. The summed E-state index contributed by atoms with van der Waals surface area (Å²) in [5.74, 6) is -3.14. The van der Waals surface area contributed by atoms with Crippen molar-refractivity contribution >= 4 is 40.2 Å². The molecule has 0 saturated carbocycles. The third-order valence-corrected chi connectivity index (χ3v) is 5.16. The van der Waals surface area contributed by atoms with E-state index in [-0.39, 0.29) is 35.5 Å². The van der Waals surface area contributed by atoms with E-state index in [1.54, 1.807) is 6.07 Å². The molecule has 0 unspecified atom stereocenters. The molecule has 1 atom stereocenters. The highest BCUT2D eigenvalue weighted by molar-refractivity contribution is 6.30. The second kappa shape index (κ2) is 8.96. The van der Waals surface area contributed by atoms with Gasteiger partial charge in [0.05, 0.1) is 17.4 Å². The summed E-state index contributed by atoms with van der Waals surface area (Å²) >= 11 is 5.53. The highest BCUT2D eigenvalue weighted by Gasteiger charge is 2.52. The number of pyridine rings is 1. The number of rotatable bonds is 3. The maximum absolute atomic E-state index is 12.9. The Balaban J connectivity index is 0.000000257. The summed E-state index contributed by atoms with van der Waals surface area (Å²) < 4.78 is 51.2. The zero-order valence-corrected chi connectivity index (χ0v) is 17.4. The summed E-state index contributed by atoms with van der Waals surface area (Å²) in [5.41, 5.74) is 2.44. The quantitative estimate of drug-likeness (QED) is 0.331. The molecule has 0 bridgehead atoms. The third kappa shape index (κ3) is 4.92. The molecule has 1 aliphatic heterocycles. The van der Waals surface area contributed by atoms with Gasteiger partial charge < -0.3 is 25.8 Å². The van der Waals surface area contributed by atoms with Crippen LogP contribution >= 0.6 is 11.6 Å². The number of aromatic amines is 1. The smallest absolute Gasteiger partial charge is 0.418 e. The topological polar surface area (TPSA) is 133 Å². The molecular formula is C20H17ClF4N4O4. The molecule has 8 nitrogen and oxygen atoms in total. The largest absolute Gasteiger partial charge is 0.479 e. The lowest BCUT2D eigenvalue weighted by atomic mass is 10.0. The first-order valence-corrected chi connectivity index (χ1v) is 9.71. The fraction of sp³-hybridized carbons (Fsp3) is 0.250. The van der Waals surface area contributed by atoms with Crippen LogP contribution in [0.2, 0.25) is 5.02 Å². The molecule has 4 rings (SSSR count). The summed E-state index contributed by atoms with van der Waals surface area (Å²) in [6.45, 7) is 0.179. The Labute approximate surface area is 188 Å². The van der Waals surface area contributed by atoms with Crippen LogP contribution in [-0.4, -0.2) is 44.2 Å². The number of aromatic nitrogens is 2. The van der Waals surface area contributed by atoms with Gasteiger partial charge in [0.25, 0.3) is 5.91 Å². The second-order valence-corrected chi connectivity index (χ2v) is 7.58. The Morgan fingerprint density at radius 2 is 2.00 bits per heavy atom. The number of carbonyl (C=O) groups excluding carboxylic acids is 1. The maximum Gasteiger partial charge on any atom is 0.418 e. The number of alkyl halides is 3. The number of halogens is 5. The van der Waals surface area contributed by atoms with Crippen molar-refractivity contribution in [1.29, 1.82) is 0 Å². The lowest BCUT2D eigenvalue weighted by molar-refractivity contribution is -0.162. The van der Waals surface area contributed by atoms with Crippen LogP contribution in [0.25, 0.3) is 11.0 Å². The van der Waals surface area contributed by atoms with E-state index < -0.39 is 29.2 Å². The van der Waals surface area contributed by atoms with Crippen molar-refractivity contribution in [2.45, 2.75) is 24.7 Å². The van der Waals surface area contributed by atoms with E-state index in [0.29, 0.717) is 17.1 Å². The second-order valence-electron chi connectivity index (χ2n) is 7.14. The number of nitrogens with two attached hydrogens (primary N) is 1.